The average Bonchev–Trinajstić information content (AvgIpc) is 2.36. The van der Waals surface area contributed by atoms with Crippen molar-refractivity contribution in [1.29, 1.82) is 0 Å². The summed E-state index contributed by atoms with van der Waals surface area (Å²) < 4.78 is 6.09. The van der Waals surface area contributed by atoms with E-state index in [1.165, 1.54) is 0 Å². The van der Waals surface area contributed by atoms with Crippen molar-refractivity contribution in [3.05, 3.63) is 63.1 Å². The van der Waals surface area contributed by atoms with Crippen molar-refractivity contribution in [1.82, 2.24) is 0 Å². The Kier molecular flexibility index (Phi) is 4.45. The van der Waals surface area contributed by atoms with Gasteiger partial charge in [-0.3, -0.25) is 0 Å². The zero-order chi connectivity index (χ0) is 13.0. The van der Waals surface area contributed by atoms with Crippen LogP contribution in [0.3, 0.4) is 0 Å². The molecule has 0 aromatic heterocycles. The molecule has 18 heavy (non-hydrogen) atoms. The highest BCUT2D eigenvalue weighted by Crippen LogP contribution is 2.21. The monoisotopic (exact) mass is 322 g/mol. The Hall–Kier alpha value is -1.25. The summed E-state index contributed by atoms with van der Waals surface area (Å²) in [6.07, 6.45) is 4.07. The second kappa shape index (κ2) is 6.07. The fourth-order valence-electron chi connectivity index (χ4n) is 1.58. The number of rotatable bonds is 3. The fraction of sp³-hybridized carbons (Fsp3) is 0.0667. The maximum absolute atomic E-state index is 5.99. The van der Waals surface area contributed by atoms with Gasteiger partial charge < -0.3 is 4.74 Å². The second-order valence-corrected chi connectivity index (χ2v) is 5.16. The highest BCUT2D eigenvalue weighted by atomic mass is 79.9. The molecule has 0 bridgehead atoms. The SMILES string of the molecule is COc1ccc(C=Cc2cc(Cl)cc(Br)c2)cc1. The summed E-state index contributed by atoms with van der Waals surface area (Å²) in [5.41, 5.74) is 2.18. The normalized spacial score (nSPS) is 10.8. The van der Waals surface area contributed by atoms with Crippen molar-refractivity contribution in [2.24, 2.45) is 0 Å². The molecule has 0 fully saturated rings. The van der Waals surface area contributed by atoms with Gasteiger partial charge in [0.2, 0.25) is 0 Å². The van der Waals surface area contributed by atoms with Crippen LogP contribution in [0.5, 0.6) is 5.75 Å². The van der Waals surface area contributed by atoms with Gasteiger partial charge in [0.15, 0.2) is 0 Å². The van der Waals surface area contributed by atoms with Crippen LogP contribution in [0.4, 0.5) is 0 Å². The molecular formula is C15H12BrClO. The molecule has 3 heteroatoms. The van der Waals surface area contributed by atoms with Gasteiger partial charge in [0.05, 0.1) is 7.11 Å². The van der Waals surface area contributed by atoms with E-state index in [0.717, 1.165) is 26.4 Å². The third-order valence-electron chi connectivity index (χ3n) is 2.47. The molecule has 0 N–H and O–H groups in total. The van der Waals surface area contributed by atoms with Gasteiger partial charge in [-0.25, -0.2) is 0 Å². The number of benzene rings is 2. The lowest BCUT2D eigenvalue weighted by atomic mass is 10.1. The highest BCUT2D eigenvalue weighted by molar-refractivity contribution is 9.10. The van der Waals surface area contributed by atoms with E-state index in [4.69, 9.17) is 16.3 Å². The first-order chi connectivity index (χ1) is 8.67. The molecule has 2 aromatic carbocycles. The largest absolute Gasteiger partial charge is 0.497 e. The summed E-state index contributed by atoms with van der Waals surface area (Å²) in [5.74, 6) is 0.859. The summed E-state index contributed by atoms with van der Waals surface area (Å²) in [6, 6.07) is 13.7. The number of hydrogen-bond acceptors (Lipinski definition) is 1. The Bertz CT molecular complexity index is 541. The van der Waals surface area contributed by atoms with Crippen molar-refractivity contribution < 1.29 is 4.74 Å². The third kappa shape index (κ3) is 3.62. The van der Waals surface area contributed by atoms with Crippen LogP contribution in [0.2, 0.25) is 5.02 Å². The molecular weight excluding hydrogens is 312 g/mol. The maximum Gasteiger partial charge on any atom is 0.118 e. The molecule has 0 saturated carbocycles. The van der Waals surface area contributed by atoms with Crippen LogP contribution in [-0.4, -0.2) is 7.11 Å². The topological polar surface area (TPSA) is 9.23 Å². The number of methoxy groups -OCH3 is 1. The Morgan fingerprint density at radius 1 is 1.00 bits per heavy atom. The third-order valence-corrected chi connectivity index (χ3v) is 3.14. The molecule has 0 heterocycles. The van der Waals surface area contributed by atoms with Gasteiger partial charge in [0, 0.05) is 9.50 Å². The molecule has 0 spiro atoms. The van der Waals surface area contributed by atoms with Crippen LogP contribution in [0, 0.1) is 0 Å². The lowest BCUT2D eigenvalue weighted by molar-refractivity contribution is 0.415. The van der Waals surface area contributed by atoms with Gasteiger partial charge in [-0.05, 0) is 41.5 Å². The quantitative estimate of drug-likeness (QED) is 0.698. The summed E-state index contributed by atoms with van der Waals surface area (Å²) in [4.78, 5) is 0. The first-order valence-electron chi connectivity index (χ1n) is 5.45. The van der Waals surface area contributed by atoms with Gasteiger partial charge in [0.25, 0.3) is 0 Å². The smallest absolute Gasteiger partial charge is 0.118 e. The number of ether oxygens (including phenoxy) is 1. The molecule has 0 aliphatic carbocycles. The van der Waals surface area contributed by atoms with Gasteiger partial charge >= 0.3 is 0 Å². The summed E-state index contributed by atoms with van der Waals surface area (Å²) >= 11 is 9.41. The zero-order valence-electron chi connectivity index (χ0n) is 9.86. The summed E-state index contributed by atoms with van der Waals surface area (Å²) in [6.45, 7) is 0. The van der Waals surface area contributed by atoms with E-state index in [9.17, 15) is 0 Å². The predicted octanol–water partition coefficient (Wildman–Crippen LogP) is 5.28. The Labute approximate surface area is 120 Å². The molecule has 0 saturated heterocycles. The van der Waals surface area contributed by atoms with E-state index in [-0.39, 0.29) is 0 Å². The Morgan fingerprint density at radius 3 is 2.28 bits per heavy atom. The first-order valence-corrected chi connectivity index (χ1v) is 6.63. The molecule has 1 nitrogen and oxygen atoms in total. The van der Waals surface area contributed by atoms with Gasteiger partial charge in [-0.2, -0.15) is 0 Å². The molecule has 2 aromatic rings. The van der Waals surface area contributed by atoms with Crippen LogP contribution in [-0.2, 0) is 0 Å². The lowest BCUT2D eigenvalue weighted by Gasteiger charge is -2.00. The first kappa shape index (κ1) is 13.2. The molecule has 0 atom stereocenters. The van der Waals surface area contributed by atoms with Crippen LogP contribution in [0.25, 0.3) is 12.2 Å². The molecule has 0 aliphatic rings. The zero-order valence-corrected chi connectivity index (χ0v) is 12.2. The molecule has 92 valence electrons. The van der Waals surface area contributed by atoms with E-state index in [0.29, 0.717) is 0 Å². The van der Waals surface area contributed by atoms with Crippen LogP contribution in [0.15, 0.2) is 46.9 Å². The van der Waals surface area contributed by atoms with E-state index in [2.05, 4.69) is 15.9 Å². The Morgan fingerprint density at radius 2 is 1.67 bits per heavy atom. The van der Waals surface area contributed by atoms with Crippen molar-refractivity contribution in [2.75, 3.05) is 7.11 Å². The number of halogens is 2. The number of hydrogen-bond donors (Lipinski definition) is 0. The molecule has 0 amide bonds. The molecule has 0 unspecified atom stereocenters. The lowest BCUT2D eigenvalue weighted by Crippen LogP contribution is -1.81. The van der Waals surface area contributed by atoms with Crippen molar-refractivity contribution in [3.8, 4) is 5.75 Å². The van der Waals surface area contributed by atoms with Crippen LogP contribution in [0.1, 0.15) is 11.1 Å². The maximum atomic E-state index is 5.99. The fourth-order valence-corrected chi connectivity index (χ4v) is 2.47. The summed E-state index contributed by atoms with van der Waals surface area (Å²) in [5, 5.41) is 0.721. The van der Waals surface area contributed by atoms with Gasteiger partial charge in [-0.15, -0.1) is 0 Å². The molecule has 0 aliphatic heterocycles. The minimum absolute atomic E-state index is 0.721. The Balaban J connectivity index is 2.18. The summed E-state index contributed by atoms with van der Waals surface area (Å²) in [7, 11) is 1.66. The van der Waals surface area contributed by atoms with Crippen molar-refractivity contribution in [3.63, 3.8) is 0 Å². The molecule has 0 radical (unpaired) electrons. The highest BCUT2D eigenvalue weighted by Gasteiger charge is 1.95. The van der Waals surface area contributed by atoms with E-state index < -0.39 is 0 Å². The van der Waals surface area contributed by atoms with E-state index in [1.54, 1.807) is 7.11 Å². The van der Waals surface area contributed by atoms with E-state index in [1.807, 2.05) is 54.6 Å². The van der Waals surface area contributed by atoms with Gasteiger partial charge in [0.1, 0.15) is 5.75 Å². The van der Waals surface area contributed by atoms with Crippen LogP contribution < -0.4 is 4.74 Å². The second-order valence-electron chi connectivity index (χ2n) is 3.81. The van der Waals surface area contributed by atoms with Crippen molar-refractivity contribution in [2.45, 2.75) is 0 Å². The van der Waals surface area contributed by atoms with Crippen molar-refractivity contribution >= 4 is 39.7 Å². The average molecular weight is 324 g/mol. The van der Waals surface area contributed by atoms with Crippen LogP contribution >= 0.6 is 27.5 Å². The standard InChI is InChI=1S/C15H12BrClO/c1-18-15-6-4-11(5-7-15)2-3-12-8-13(16)10-14(17)9-12/h2-10H,1H3. The minimum Gasteiger partial charge on any atom is -0.497 e. The van der Waals surface area contributed by atoms with E-state index >= 15 is 0 Å². The van der Waals surface area contributed by atoms with Gasteiger partial charge in [-0.1, -0.05) is 51.8 Å². The predicted molar refractivity (Wildman–Crippen MR) is 81.1 cm³/mol. The molecule has 2 rings (SSSR count). The minimum atomic E-state index is 0.721.